The molecule has 2 amide bonds. The number of methoxy groups -OCH3 is 2. The fourth-order valence-corrected chi connectivity index (χ4v) is 2.69. The molecule has 2 N–H and O–H groups in total. The highest BCUT2D eigenvalue weighted by atomic mass is 16.5. The highest BCUT2D eigenvalue weighted by molar-refractivity contribution is 5.90. The Kier molecular flexibility index (Phi) is 10.4. The maximum Gasteiger partial charge on any atom is 0.408 e. The Hall–Kier alpha value is -3.10. The molecule has 1 rings (SSSR count). The number of hydrogen-bond acceptors (Lipinski definition) is 7. The third-order valence-electron chi connectivity index (χ3n) is 4.47. The van der Waals surface area contributed by atoms with E-state index in [2.05, 4.69) is 15.4 Å². The quantitative estimate of drug-likeness (QED) is 0.436. The summed E-state index contributed by atoms with van der Waals surface area (Å²) in [6.07, 6.45) is -0.847. The number of amides is 2. The summed E-state index contributed by atoms with van der Waals surface area (Å²) in [5, 5.41) is 5.09. The molecule has 0 bridgehead atoms. The molecule has 0 aliphatic rings. The van der Waals surface area contributed by atoms with Crippen LogP contribution in [-0.2, 0) is 35.2 Å². The van der Waals surface area contributed by atoms with Gasteiger partial charge in [-0.2, -0.15) is 0 Å². The van der Waals surface area contributed by atoms with Crippen LogP contribution in [0.3, 0.4) is 0 Å². The average Bonchev–Trinajstić information content (AvgIpc) is 2.73. The monoisotopic (exact) mass is 422 g/mol. The van der Waals surface area contributed by atoms with Crippen LogP contribution in [0, 0.1) is 11.8 Å². The fourth-order valence-electron chi connectivity index (χ4n) is 2.69. The minimum Gasteiger partial charge on any atom is -0.469 e. The van der Waals surface area contributed by atoms with E-state index in [1.165, 1.54) is 14.2 Å². The second kappa shape index (κ2) is 12.5. The van der Waals surface area contributed by atoms with Gasteiger partial charge in [0.05, 0.1) is 20.6 Å². The molecule has 0 aliphatic heterocycles. The molecule has 9 nitrogen and oxygen atoms in total. The van der Waals surface area contributed by atoms with E-state index < -0.39 is 41.9 Å². The van der Waals surface area contributed by atoms with Crippen LogP contribution < -0.4 is 10.6 Å². The molecule has 1 aromatic rings. The first kappa shape index (κ1) is 24.9. The van der Waals surface area contributed by atoms with Crippen LogP contribution in [0.1, 0.15) is 32.8 Å². The van der Waals surface area contributed by atoms with E-state index in [4.69, 9.17) is 9.47 Å². The number of benzene rings is 1. The molecule has 30 heavy (non-hydrogen) atoms. The van der Waals surface area contributed by atoms with Crippen molar-refractivity contribution in [2.24, 2.45) is 11.8 Å². The van der Waals surface area contributed by atoms with Crippen molar-refractivity contribution in [2.75, 3.05) is 14.2 Å². The Morgan fingerprint density at radius 3 is 2.07 bits per heavy atom. The number of nitrogens with one attached hydrogen (secondary N) is 2. The van der Waals surface area contributed by atoms with E-state index in [1.54, 1.807) is 20.8 Å². The van der Waals surface area contributed by atoms with Gasteiger partial charge in [-0.25, -0.2) is 9.59 Å². The van der Waals surface area contributed by atoms with Crippen LogP contribution in [0.4, 0.5) is 4.79 Å². The number of carbonyl (C=O) groups is 4. The molecule has 0 radical (unpaired) electrons. The predicted octanol–water partition coefficient (Wildman–Crippen LogP) is 1.79. The lowest BCUT2D eigenvalue weighted by molar-refractivity contribution is -0.148. The van der Waals surface area contributed by atoms with E-state index >= 15 is 0 Å². The van der Waals surface area contributed by atoms with E-state index in [-0.39, 0.29) is 18.9 Å². The molecule has 0 aromatic heterocycles. The maximum atomic E-state index is 12.8. The Morgan fingerprint density at radius 2 is 1.53 bits per heavy atom. The van der Waals surface area contributed by atoms with Gasteiger partial charge in [0.1, 0.15) is 18.7 Å². The zero-order valence-electron chi connectivity index (χ0n) is 18.0. The number of rotatable bonds is 10. The molecule has 3 atom stereocenters. The molecule has 0 aliphatic carbocycles. The van der Waals surface area contributed by atoms with Crippen molar-refractivity contribution in [1.82, 2.24) is 10.6 Å². The summed E-state index contributed by atoms with van der Waals surface area (Å²) >= 11 is 0. The summed E-state index contributed by atoms with van der Waals surface area (Å²) in [6.45, 7) is 5.16. The molecule has 9 heteroatoms. The van der Waals surface area contributed by atoms with Crippen LogP contribution in [0.15, 0.2) is 30.3 Å². The Labute approximate surface area is 176 Å². The summed E-state index contributed by atoms with van der Waals surface area (Å²) < 4.78 is 14.5. The molecule has 0 unspecified atom stereocenters. The summed E-state index contributed by atoms with van der Waals surface area (Å²) in [5.41, 5.74) is 0.806. The first-order valence-electron chi connectivity index (χ1n) is 9.61. The summed E-state index contributed by atoms with van der Waals surface area (Å²) in [4.78, 5) is 48.6. The highest BCUT2D eigenvalue weighted by Crippen LogP contribution is 2.13. The molecule has 166 valence electrons. The molecular weight excluding hydrogens is 392 g/mol. The molecule has 1 aromatic carbocycles. The lowest BCUT2D eigenvalue weighted by Crippen LogP contribution is -2.55. The van der Waals surface area contributed by atoms with Crippen molar-refractivity contribution in [3.8, 4) is 0 Å². The number of esters is 2. The van der Waals surface area contributed by atoms with Gasteiger partial charge in [-0.3, -0.25) is 9.59 Å². The smallest absolute Gasteiger partial charge is 0.408 e. The molecular formula is C21H30N2O7. The number of ether oxygens (including phenoxy) is 3. The maximum absolute atomic E-state index is 12.8. The Morgan fingerprint density at radius 1 is 0.900 bits per heavy atom. The largest absolute Gasteiger partial charge is 0.469 e. The minimum absolute atomic E-state index is 0.0556. The van der Waals surface area contributed by atoms with Gasteiger partial charge in [0, 0.05) is 0 Å². The van der Waals surface area contributed by atoms with E-state index in [1.807, 2.05) is 30.3 Å². The van der Waals surface area contributed by atoms with Crippen molar-refractivity contribution < 1.29 is 33.4 Å². The van der Waals surface area contributed by atoms with Gasteiger partial charge >= 0.3 is 18.0 Å². The molecule has 0 saturated carbocycles. The molecule has 0 spiro atoms. The van der Waals surface area contributed by atoms with Gasteiger partial charge < -0.3 is 24.8 Å². The molecule has 0 saturated heterocycles. The van der Waals surface area contributed by atoms with Crippen LogP contribution >= 0.6 is 0 Å². The first-order chi connectivity index (χ1) is 14.2. The summed E-state index contributed by atoms with van der Waals surface area (Å²) in [6, 6.07) is 7.08. The van der Waals surface area contributed by atoms with Crippen LogP contribution in [0.5, 0.6) is 0 Å². The fraction of sp³-hybridized carbons (Fsp3) is 0.524. The lowest BCUT2D eigenvalue weighted by Gasteiger charge is -2.27. The van der Waals surface area contributed by atoms with Crippen molar-refractivity contribution in [3.63, 3.8) is 0 Å². The topological polar surface area (TPSA) is 120 Å². The normalized spacial score (nSPS) is 13.5. The predicted molar refractivity (Wildman–Crippen MR) is 108 cm³/mol. The highest BCUT2D eigenvalue weighted by Gasteiger charge is 2.33. The summed E-state index contributed by atoms with van der Waals surface area (Å²) in [5.74, 6) is -2.67. The van der Waals surface area contributed by atoms with Gasteiger partial charge in [-0.15, -0.1) is 0 Å². The van der Waals surface area contributed by atoms with E-state index in [0.717, 1.165) is 5.56 Å². The van der Waals surface area contributed by atoms with Gasteiger partial charge in [0.15, 0.2) is 0 Å². The zero-order chi connectivity index (χ0) is 22.7. The van der Waals surface area contributed by atoms with Gasteiger partial charge in [0.2, 0.25) is 5.91 Å². The first-order valence-corrected chi connectivity index (χ1v) is 9.61. The Balaban J connectivity index is 2.78. The number of hydrogen-bond donors (Lipinski definition) is 2. The summed E-state index contributed by atoms with van der Waals surface area (Å²) in [7, 11) is 2.42. The van der Waals surface area contributed by atoms with E-state index in [0.29, 0.717) is 0 Å². The van der Waals surface area contributed by atoms with E-state index in [9.17, 15) is 19.2 Å². The van der Waals surface area contributed by atoms with Gasteiger partial charge in [0.25, 0.3) is 0 Å². The second-order valence-corrected chi connectivity index (χ2v) is 7.19. The average molecular weight is 422 g/mol. The Bertz CT molecular complexity index is 721. The standard InChI is InChI=1S/C21H30N2O7/c1-13(2)17(23-21(27)30-12-15-9-7-6-8-10-15)19(25)22-18(20(26)29-5)14(3)11-16(24)28-4/h6-10,13-14,17-18H,11-12H2,1-5H3,(H,22,25)(H,23,27)/t14-,17+,18-/m0/s1. The zero-order valence-corrected chi connectivity index (χ0v) is 18.0. The van der Waals surface area contributed by atoms with Crippen molar-refractivity contribution in [2.45, 2.75) is 45.9 Å². The lowest BCUT2D eigenvalue weighted by atomic mass is 9.96. The van der Waals surface area contributed by atoms with Crippen molar-refractivity contribution in [3.05, 3.63) is 35.9 Å². The van der Waals surface area contributed by atoms with Crippen LogP contribution in [0.25, 0.3) is 0 Å². The number of carbonyl (C=O) groups excluding carboxylic acids is 4. The number of alkyl carbamates (subject to hydrolysis) is 1. The van der Waals surface area contributed by atoms with Gasteiger partial charge in [-0.1, -0.05) is 51.1 Å². The van der Waals surface area contributed by atoms with Gasteiger partial charge in [-0.05, 0) is 17.4 Å². The van der Waals surface area contributed by atoms with Crippen LogP contribution in [0.2, 0.25) is 0 Å². The minimum atomic E-state index is -1.08. The van der Waals surface area contributed by atoms with Crippen molar-refractivity contribution in [1.29, 1.82) is 0 Å². The van der Waals surface area contributed by atoms with Crippen LogP contribution in [-0.4, -0.2) is 50.2 Å². The second-order valence-electron chi connectivity index (χ2n) is 7.19. The van der Waals surface area contributed by atoms with Crippen molar-refractivity contribution >= 4 is 23.9 Å². The molecule has 0 heterocycles. The SMILES string of the molecule is COC(=O)C[C@H](C)[C@H](NC(=O)[C@H](NC(=O)OCc1ccccc1)C(C)C)C(=O)OC. The third kappa shape index (κ3) is 8.10. The third-order valence-corrected chi connectivity index (χ3v) is 4.47. The molecule has 0 fully saturated rings.